The second-order valence-electron chi connectivity index (χ2n) is 2.64. The molecule has 0 fully saturated rings. The van der Waals surface area contributed by atoms with Crippen LogP contribution in [0.4, 0.5) is 5.69 Å². The minimum atomic E-state index is 0.467. The van der Waals surface area contributed by atoms with Crippen molar-refractivity contribution in [2.45, 2.75) is 0 Å². The van der Waals surface area contributed by atoms with E-state index in [1.165, 1.54) is 6.20 Å². The fourth-order valence-electron chi connectivity index (χ4n) is 1.04. The molecule has 0 aromatic carbocycles. The summed E-state index contributed by atoms with van der Waals surface area (Å²) >= 11 is 9.29. The van der Waals surface area contributed by atoms with Gasteiger partial charge in [0.2, 0.25) is 0 Å². The predicted molar refractivity (Wildman–Crippen MR) is 58.5 cm³/mol. The third-order valence-corrected chi connectivity index (χ3v) is 2.52. The summed E-state index contributed by atoms with van der Waals surface area (Å²) < 4.78 is 2.37. The summed E-state index contributed by atoms with van der Waals surface area (Å²) in [5, 5.41) is 4.53. The molecule has 0 unspecified atom stereocenters. The lowest BCUT2D eigenvalue weighted by molar-refractivity contribution is 0.830. The van der Waals surface area contributed by atoms with Gasteiger partial charge >= 0.3 is 0 Å². The number of nitrogens with two attached hydrogens (primary N) is 1. The van der Waals surface area contributed by atoms with Crippen molar-refractivity contribution >= 4 is 33.2 Å². The fourth-order valence-corrected chi connectivity index (χ4v) is 1.68. The van der Waals surface area contributed by atoms with Crippen molar-refractivity contribution in [1.82, 2.24) is 14.8 Å². The highest BCUT2D eigenvalue weighted by molar-refractivity contribution is 9.10. The van der Waals surface area contributed by atoms with E-state index in [1.807, 2.05) is 0 Å². The summed E-state index contributed by atoms with van der Waals surface area (Å²) in [5.74, 6) is 0.553. The molecule has 0 saturated heterocycles. The monoisotopic (exact) mass is 272 g/mol. The smallest absolute Gasteiger partial charge is 0.173 e. The first-order valence-corrected chi connectivity index (χ1v) is 4.96. The molecule has 2 aromatic rings. The largest absolute Gasteiger partial charge is 0.397 e. The van der Waals surface area contributed by atoms with Crippen LogP contribution in [-0.2, 0) is 0 Å². The van der Waals surface area contributed by atoms with Crippen molar-refractivity contribution < 1.29 is 0 Å². The second kappa shape index (κ2) is 3.59. The lowest BCUT2D eigenvalue weighted by atomic mass is 10.4. The first kappa shape index (κ1) is 9.48. The van der Waals surface area contributed by atoms with Crippen molar-refractivity contribution in [3.8, 4) is 5.82 Å². The Balaban J connectivity index is 2.58. The van der Waals surface area contributed by atoms with Gasteiger partial charge in [-0.1, -0.05) is 11.6 Å². The fraction of sp³-hybridized carbons (Fsp3) is 0. The van der Waals surface area contributed by atoms with Crippen LogP contribution in [0.3, 0.4) is 0 Å². The lowest BCUT2D eigenvalue weighted by Gasteiger charge is -2.04. The van der Waals surface area contributed by atoms with E-state index in [-0.39, 0.29) is 0 Å². The summed E-state index contributed by atoms with van der Waals surface area (Å²) in [5.41, 5.74) is 6.06. The van der Waals surface area contributed by atoms with Crippen molar-refractivity contribution in [3.63, 3.8) is 0 Å². The molecule has 0 bridgehead atoms. The lowest BCUT2D eigenvalue weighted by Crippen LogP contribution is -2.01. The molecule has 0 amide bonds. The van der Waals surface area contributed by atoms with Crippen LogP contribution in [0.1, 0.15) is 0 Å². The Morgan fingerprint density at radius 3 is 2.86 bits per heavy atom. The zero-order valence-electron chi connectivity index (χ0n) is 6.98. The summed E-state index contributed by atoms with van der Waals surface area (Å²) in [6.07, 6.45) is 3.19. The van der Waals surface area contributed by atoms with E-state index >= 15 is 0 Å². The van der Waals surface area contributed by atoms with Crippen LogP contribution >= 0.6 is 27.5 Å². The van der Waals surface area contributed by atoms with Gasteiger partial charge in [-0.2, -0.15) is 5.10 Å². The third kappa shape index (κ3) is 1.60. The van der Waals surface area contributed by atoms with Crippen LogP contribution in [-0.4, -0.2) is 14.8 Å². The van der Waals surface area contributed by atoms with Gasteiger partial charge in [-0.3, -0.25) is 0 Å². The first-order valence-electron chi connectivity index (χ1n) is 3.79. The summed E-state index contributed by atoms with van der Waals surface area (Å²) in [4.78, 5) is 4.09. The van der Waals surface area contributed by atoms with Crippen LogP contribution in [0.25, 0.3) is 5.82 Å². The molecule has 0 spiro atoms. The number of pyridine rings is 1. The molecular formula is C8H6BrClN4. The van der Waals surface area contributed by atoms with E-state index in [9.17, 15) is 0 Å². The van der Waals surface area contributed by atoms with Gasteiger partial charge in [0.15, 0.2) is 5.82 Å². The van der Waals surface area contributed by atoms with E-state index in [1.54, 1.807) is 23.0 Å². The standard InChI is InChI=1S/C8H6BrClN4/c9-7-1-2-13-14(7)8-6(10)3-5(11)4-12-8/h1-4H,11H2. The highest BCUT2D eigenvalue weighted by Gasteiger charge is 2.08. The minimum Gasteiger partial charge on any atom is -0.397 e. The average Bonchev–Trinajstić information content (AvgIpc) is 2.52. The summed E-state index contributed by atoms with van der Waals surface area (Å²) in [6, 6.07) is 3.44. The van der Waals surface area contributed by atoms with Crippen molar-refractivity contribution in [3.05, 3.63) is 34.2 Å². The van der Waals surface area contributed by atoms with Gasteiger partial charge in [0.25, 0.3) is 0 Å². The van der Waals surface area contributed by atoms with E-state index in [2.05, 4.69) is 26.0 Å². The number of nitrogen functional groups attached to an aromatic ring is 1. The molecule has 4 nitrogen and oxygen atoms in total. The Hall–Kier alpha value is -1.07. The Morgan fingerprint density at radius 1 is 1.50 bits per heavy atom. The Morgan fingerprint density at radius 2 is 2.29 bits per heavy atom. The van der Waals surface area contributed by atoms with Crippen molar-refractivity contribution in [2.75, 3.05) is 5.73 Å². The molecule has 0 aliphatic carbocycles. The molecule has 2 rings (SSSR count). The summed E-state index contributed by atoms with van der Waals surface area (Å²) in [6.45, 7) is 0. The zero-order chi connectivity index (χ0) is 10.1. The number of rotatable bonds is 1. The van der Waals surface area contributed by atoms with Gasteiger partial charge in [-0.05, 0) is 28.1 Å². The molecule has 0 radical (unpaired) electrons. The van der Waals surface area contributed by atoms with Crippen LogP contribution in [0.2, 0.25) is 5.02 Å². The normalized spacial score (nSPS) is 10.4. The Labute approximate surface area is 93.8 Å². The van der Waals surface area contributed by atoms with Gasteiger partial charge in [-0.15, -0.1) is 0 Å². The number of aromatic nitrogens is 3. The van der Waals surface area contributed by atoms with Gasteiger partial charge in [0.05, 0.1) is 23.1 Å². The highest BCUT2D eigenvalue weighted by atomic mass is 79.9. The topological polar surface area (TPSA) is 56.7 Å². The van der Waals surface area contributed by atoms with Crippen LogP contribution in [0, 0.1) is 0 Å². The third-order valence-electron chi connectivity index (χ3n) is 1.64. The maximum Gasteiger partial charge on any atom is 0.173 e. The average molecular weight is 274 g/mol. The first-order chi connectivity index (χ1) is 6.68. The molecule has 2 heterocycles. The number of hydrogen-bond donors (Lipinski definition) is 1. The van der Waals surface area contributed by atoms with Crippen molar-refractivity contribution in [2.24, 2.45) is 0 Å². The van der Waals surface area contributed by atoms with Gasteiger partial charge in [0, 0.05) is 0 Å². The minimum absolute atomic E-state index is 0.467. The van der Waals surface area contributed by atoms with Crippen LogP contribution < -0.4 is 5.73 Å². The molecule has 0 aliphatic rings. The number of halogens is 2. The summed E-state index contributed by atoms with van der Waals surface area (Å²) in [7, 11) is 0. The SMILES string of the molecule is Nc1cnc(-n2nccc2Br)c(Cl)c1. The zero-order valence-corrected chi connectivity index (χ0v) is 9.33. The molecule has 2 aromatic heterocycles. The van der Waals surface area contributed by atoms with Gasteiger partial charge in [-0.25, -0.2) is 9.67 Å². The molecule has 6 heteroatoms. The van der Waals surface area contributed by atoms with Crippen LogP contribution in [0.5, 0.6) is 0 Å². The maximum absolute atomic E-state index is 5.97. The number of nitrogens with zero attached hydrogens (tertiary/aromatic N) is 3. The molecule has 0 saturated carbocycles. The molecule has 2 N–H and O–H groups in total. The number of anilines is 1. The van der Waals surface area contributed by atoms with E-state index in [0.717, 1.165) is 4.60 Å². The molecule has 14 heavy (non-hydrogen) atoms. The highest BCUT2D eigenvalue weighted by Crippen LogP contribution is 2.22. The Bertz CT molecular complexity index is 468. The Kier molecular flexibility index (Phi) is 2.43. The van der Waals surface area contributed by atoms with E-state index in [0.29, 0.717) is 16.5 Å². The molecule has 72 valence electrons. The van der Waals surface area contributed by atoms with Gasteiger partial charge in [0.1, 0.15) is 4.60 Å². The number of hydrogen-bond acceptors (Lipinski definition) is 3. The maximum atomic E-state index is 5.97. The molecular weight excluding hydrogens is 267 g/mol. The predicted octanol–water partition coefficient (Wildman–Crippen LogP) is 2.27. The van der Waals surface area contributed by atoms with E-state index < -0.39 is 0 Å². The van der Waals surface area contributed by atoms with Crippen LogP contribution in [0.15, 0.2) is 29.1 Å². The quantitative estimate of drug-likeness (QED) is 0.867. The van der Waals surface area contributed by atoms with Gasteiger partial charge < -0.3 is 5.73 Å². The van der Waals surface area contributed by atoms with E-state index in [4.69, 9.17) is 17.3 Å². The molecule has 0 aliphatic heterocycles. The van der Waals surface area contributed by atoms with Crippen molar-refractivity contribution in [1.29, 1.82) is 0 Å². The molecule has 0 atom stereocenters. The second-order valence-corrected chi connectivity index (χ2v) is 3.86.